The molecule has 5 rings (SSSR count). The lowest BCUT2D eigenvalue weighted by Crippen LogP contribution is -2.48. The number of hydrogen-bond donors (Lipinski definition) is 0. The molecular formula is C33H39N3O2. The van der Waals surface area contributed by atoms with Gasteiger partial charge in [-0.05, 0) is 49.4 Å². The van der Waals surface area contributed by atoms with Gasteiger partial charge in [0.1, 0.15) is 11.5 Å². The van der Waals surface area contributed by atoms with Gasteiger partial charge >= 0.3 is 0 Å². The summed E-state index contributed by atoms with van der Waals surface area (Å²) in [4.78, 5) is 9.72. The van der Waals surface area contributed by atoms with Crippen LogP contribution in [0.1, 0.15) is 46.5 Å². The molecule has 0 unspecified atom stereocenters. The largest absolute Gasteiger partial charge is 0.493 e. The fourth-order valence-corrected chi connectivity index (χ4v) is 5.34. The molecule has 0 aliphatic carbocycles. The predicted octanol–water partition coefficient (Wildman–Crippen LogP) is 6.25. The number of para-hydroxylation sites is 1. The van der Waals surface area contributed by atoms with E-state index in [4.69, 9.17) is 9.15 Å². The number of hydrogen-bond acceptors (Lipinski definition) is 5. The minimum atomic E-state index is 0.309. The highest BCUT2D eigenvalue weighted by molar-refractivity contribution is 5.34. The smallest absolute Gasteiger partial charge is 0.194 e. The zero-order chi connectivity index (χ0) is 26.2. The van der Waals surface area contributed by atoms with Crippen molar-refractivity contribution in [2.75, 3.05) is 39.3 Å². The fraction of sp³-hybridized carbons (Fsp3) is 0.364. The highest BCUT2D eigenvalue weighted by Gasteiger charge is 2.26. The van der Waals surface area contributed by atoms with Gasteiger partial charge in [0.25, 0.3) is 0 Å². The van der Waals surface area contributed by atoms with Gasteiger partial charge in [-0.1, -0.05) is 78.9 Å². The lowest BCUT2D eigenvalue weighted by molar-refractivity contribution is 0.105. The van der Waals surface area contributed by atoms with Crippen LogP contribution in [0.4, 0.5) is 0 Å². The van der Waals surface area contributed by atoms with E-state index in [1.165, 1.54) is 16.7 Å². The number of nitrogens with zero attached hydrogens (tertiary/aromatic N) is 3. The average molecular weight is 510 g/mol. The van der Waals surface area contributed by atoms with Crippen LogP contribution in [0.3, 0.4) is 0 Å². The Morgan fingerprint density at radius 1 is 0.789 bits per heavy atom. The third kappa shape index (κ3) is 6.72. The quantitative estimate of drug-likeness (QED) is 0.224. The summed E-state index contributed by atoms with van der Waals surface area (Å²) in [5.41, 5.74) is 4.92. The molecule has 5 heteroatoms. The summed E-state index contributed by atoms with van der Waals surface area (Å²) >= 11 is 0. The molecule has 2 heterocycles. The van der Waals surface area contributed by atoms with Crippen molar-refractivity contribution in [3.8, 4) is 5.75 Å². The van der Waals surface area contributed by atoms with E-state index in [9.17, 15) is 0 Å². The summed E-state index contributed by atoms with van der Waals surface area (Å²) in [6.45, 7) is 10.1. The van der Waals surface area contributed by atoms with E-state index in [0.29, 0.717) is 6.04 Å². The van der Waals surface area contributed by atoms with Crippen LogP contribution in [-0.2, 0) is 12.8 Å². The number of piperazine rings is 1. The number of aromatic nitrogens is 1. The molecule has 0 spiro atoms. The van der Waals surface area contributed by atoms with Crippen LogP contribution in [0.25, 0.3) is 0 Å². The van der Waals surface area contributed by atoms with Crippen LogP contribution in [0.15, 0.2) is 89.3 Å². The second-order valence-electron chi connectivity index (χ2n) is 10.2. The molecule has 198 valence electrons. The Kier molecular flexibility index (Phi) is 8.90. The van der Waals surface area contributed by atoms with Crippen molar-refractivity contribution in [2.24, 2.45) is 0 Å². The average Bonchev–Trinajstić information content (AvgIpc) is 3.29. The van der Waals surface area contributed by atoms with Gasteiger partial charge in [0, 0.05) is 39.1 Å². The zero-order valence-electron chi connectivity index (χ0n) is 22.7. The van der Waals surface area contributed by atoms with Gasteiger partial charge in [-0.25, -0.2) is 4.98 Å². The first-order valence-corrected chi connectivity index (χ1v) is 13.9. The Morgan fingerprint density at radius 3 is 2.05 bits per heavy atom. The van der Waals surface area contributed by atoms with Crippen molar-refractivity contribution < 1.29 is 9.15 Å². The molecule has 1 aromatic heterocycles. The van der Waals surface area contributed by atoms with Crippen molar-refractivity contribution >= 4 is 0 Å². The van der Waals surface area contributed by atoms with Crippen molar-refractivity contribution in [2.45, 2.75) is 39.2 Å². The molecular weight excluding hydrogens is 470 g/mol. The highest BCUT2D eigenvalue weighted by atomic mass is 16.5. The number of benzene rings is 3. The van der Waals surface area contributed by atoms with Gasteiger partial charge in [0.2, 0.25) is 0 Å². The Morgan fingerprint density at radius 2 is 1.42 bits per heavy atom. The van der Waals surface area contributed by atoms with Crippen LogP contribution >= 0.6 is 0 Å². The molecule has 0 radical (unpaired) electrons. The summed E-state index contributed by atoms with van der Waals surface area (Å²) in [7, 11) is 0. The summed E-state index contributed by atoms with van der Waals surface area (Å²) in [6.07, 6.45) is 2.67. The number of aryl methyl sites for hydroxylation is 4. The van der Waals surface area contributed by atoms with Crippen molar-refractivity contribution in [1.29, 1.82) is 0 Å². The Balaban J connectivity index is 1.09. The molecule has 0 atom stereocenters. The van der Waals surface area contributed by atoms with Gasteiger partial charge in [0.15, 0.2) is 5.89 Å². The standard InChI is InChI=1S/C33H39N3O2/c1-26-27(2)38-32(34-26)19-18-28-12-9-10-17-31(28)37-25-11-20-35-21-23-36(24-22-35)33(29-13-5-3-6-14-29)30-15-7-4-8-16-30/h3-10,12-17,33H,11,18-25H2,1-2H3. The summed E-state index contributed by atoms with van der Waals surface area (Å²) in [5.74, 6) is 2.68. The maximum Gasteiger partial charge on any atom is 0.194 e. The van der Waals surface area contributed by atoms with Crippen LogP contribution in [-0.4, -0.2) is 54.1 Å². The van der Waals surface area contributed by atoms with Crippen LogP contribution in [0.2, 0.25) is 0 Å². The first kappa shape index (κ1) is 26.2. The van der Waals surface area contributed by atoms with Gasteiger partial charge in [-0.15, -0.1) is 0 Å². The van der Waals surface area contributed by atoms with E-state index in [2.05, 4.69) is 93.6 Å². The number of oxazole rings is 1. The molecule has 38 heavy (non-hydrogen) atoms. The zero-order valence-corrected chi connectivity index (χ0v) is 22.7. The second kappa shape index (κ2) is 12.9. The van der Waals surface area contributed by atoms with Crippen molar-refractivity contribution in [1.82, 2.24) is 14.8 Å². The third-order valence-corrected chi connectivity index (χ3v) is 7.53. The van der Waals surface area contributed by atoms with E-state index in [1.807, 2.05) is 19.9 Å². The third-order valence-electron chi connectivity index (χ3n) is 7.53. The molecule has 0 bridgehead atoms. The molecule has 0 N–H and O–H groups in total. The lowest BCUT2D eigenvalue weighted by atomic mass is 9.96. The van der Waals surface area contributed by atoms with Crippen LogP contribution in [0, 0.1) is 13.8 Å². The van der Waals surface area contributed by atoms with Gasteiger partial charge < -0.3 is 14.1 Å². The first-order chi connectivity index (χ1) is 18.7. The van der Waals surface area contributed by atoms with Crippen molar-refractivity contribution in [3.05, 3.63) is 119 Å². The molecule has 0 amide bonds. The van der Waals surface area contributed by atoms with E-state index < -0.39 is 0 Å². The summed E-state index contributed by atoms with van der Waals surface area (Å²) < 4.78 is 12.0. The van der Waals surface area contributed by atoms with Gasteiger partial charge in [-0.3, -0.25) is 4.90 Å². The molecule has 1 aliphatic rings. The normalized spacial score (nSPS) is 14.7. The van der Waals surface area contributed by atoms with Gasteiger partial charge in [0.05, 0.1) is 18.3 Å². The molecule has 4 aromatic rings. The number of ether oxygens (including phenoxy) is 1. The van der Waals surface area contributed by atoms with Gasteiger partial charge in [-0.2, -0.15) is 0 Å². The molecule has 3 aromatic carbocycles. The van der Waals surface area contributed by atoms with Crippen molar-refractivity contribution in [3.63, 3.8) is 0 Å². The van der Waals surface area contributed by atoms with Crippen LogP contribution < -0.4 is 4.74 Å². The number of rotatable bonds is 11. The molecule has 5 nitrogen and oxygen atoms in total. The first-order valence-electron chi connectivity index (χ1n) is 13.9. The minimum Gasteiger partial charge on any atom is -0.493 e. The Labute approximate surface area is 227 Å². The molecule has 1 aliphatic heterocycles. The van der Waals surface area contributed by atoms with E-state index in [-0.39, 0.29) is 0 Å². The fourth-order valence-electron chi connectivity index (χ4n) is 5.34. The maximum absolute atomic E-state index is 6.23. The Hall–Kier alpha value is -3.41. The van der Waals surface area contributed by atoms with Crippen LogP contribution in [0.5, 0.6) is 5.75 Å². The van der Waals surface area contributed by atoms with E-state index in [0.717, 1.165) is 81.7 Å². The topological polar surface area (TPSA) is 41.7 Å². The monoisotopic (exact) mass is 509 g/mol. The SMILES string of the molecule is Cc1nc(CCc2ccccc2OCCCN2CCN(C(c3ccccc3)c3ccccc3)CC2)oc1C. The molecule has 0 saturated carbocycles. The molecule has 1 fully saturated rings. The predicted molar refractivity (Wildman–Crippen MR) is 153 cm³/mol. The van der Waals surface area contributed by atoms with E-state index >= 15 is 0 Å². The maximum atomic E-state index is 6.23. The lowest BCUT2D eigenvalue weighted by Gasteiger charge is -2.39. The summed E-state index contributed by atoms with van der Waals surface area (Å²) in [6, 6.07) is 30.5. The molecule has 1 saturated heterocycles. The second-order valence-corrected chi connectivity index (χ2v) is 10.2. The van der Waals surface area contributed by atoms with E-state index in [1.54, 1.807) is 0 Å². The highest BCUT2D eigenvalue weighted by Crippen LogP contribution is 2.29. The summed E-state index contributed by atoms with van der Waals surface area (Å²) in [5, 5.41) is 0. The Bertz CT molecular complexity index is 1200. The minimum absolute atomic E-state index is 0.309.